The maximum absolute atomic E-state index is 12.7. The van der Waals surface area contributed by atoms with Crippen LogP contribution in [0.4, 0.5) is 5.69 Å². The molecule has 1 aliphatic rings. The predicted octanol–water partition coefficient (Wildman–Crippen LogP) is 4.62. The molecular weight excluding hydrogens is 404 g/mol. The highest BCUT2D eigenvalue weighted by atomic mass is 32.2. The van der Waals surface area contributed by atoms with Gasteiger partial charge in [0.1, 0.15) is 10.1 Å². The molecule has 5 nitrogen and oxygen atoms in total. The summed E-state index contributed by atoms with van der Waals surface area (Å²) in [6, 6.07) is 15.2. The van der Waals surface area contributed by atoms with E-state index in [4.69, 9.17) is 17.0 Å². The lowest BCUT2D eigenvalue weighted by Crippen LogP contribution is -2.29. The van der Waals surface area contributed by atoms with Crippen molar-refractivity contribution in [3.8, 4) is 5.75 Å². The Morgan fingerprint density at radius 1 is 1.24 bits per heavy atom. The van der Waals surface area contributed by atoms with Gasteiger partial charge in [0.25, 0.3) is 5.91 Å². The number of amides is 2. The summed E-state index contributed by atoms with van der Waals surface area (Å²) in [7, 11) is 1.60. The maximum Gasteiger partial charge on any atom is 0.266 e. The van der Waals surface area contributed by atoms with Crippen LogP contribution in [0.1, 0.15) is 24.0 Å². The number of hydrogen-bond acceptors (Lipinski definition) is 5. The van der Waals surface area contributed by atoms with E-state index < -0.39 is 0 Å². The van der Waals surface area contributed by atoms with Crippen molar-refractivity contribution < 1.29 is 14.3 Å². The minimum absolute atomic E-state index is 0.0781. The number of rotatable bonds is 7. The van der Waals surface area contributed by atoms with Gasteiger partial charge < -0.3 is 10.1 Å². The van der Waals surface area contributed by atoms with Gasteiger partial charge in [-0.3, -0.25) is 14.5 Å². The van der Waals surface area contributed by atoms with E-state index in [-0.39, 0.29) is 11.8 Å². The molecular formula is C22H22N2O3S2. The van der Waals surface area contributed by atoms with Crippen LogP contribution >= 0.6 is 24.0 Å². The quantitative estimate of drug-likeness (QED) is 0.517. The number of ether oxygens (including phenoxy) is 1. The van der Waals surface area contributed by atoms with Crippen molar-refractivity contribution in [3.05, 3.63) is 64.6 Å². The number of benzene rings is 2. The molecule has 0 aliphatic carbocycles. The molecule has 0 spiro atoms. The Morgan fingerprint density at radius 3 is 2.79 bits per heavy atom. The average molecular weight is 427 g/mol. The van der Waals surface area contributed by atoms with Crippen LogP contribution in [0.3, 0.4) is 0 Å². The highest BCUT2D eigenvalue weighted by Crippen LogP contribution is 2.34. The fourth-order valence-corrected chi connectivity index (χ4v) is 4.26. The Kier molecular flexibility index (Phi) is 7.06. The minimum Gasteiger partial charge on any atom is -0.496 e. The van der Waals surface area contributed by atoms with Gasteiger partial charge in [0.2, 0.25) is 5.91 Å². The second-order valence-electron chi connectivity index (χ2n) is 6.60. The lowest BCUT2D eigenvalue weighted by Gasteiger charge is -2.14. The highest BCUT2D eigenvalue weighted by molar-refractivity contribution is 8.26. The van der Waals surface area contributed by atoms with Gasteiger partial charge in [-0.1, -0.05) is 54.3 Å². The van der Waals surface area contributed by atoms with Gasteiger partial charge in [-0.05, 0) is 43.2 Å². The Morgan fingerprint density at radius 2 is 2.03 bits per heavy atom. The average Bonchev–Trinajstić information content (AvgIpc) is 2.96. The summed E-state index contributed by atoms with van der Waals surface area (Å²) >= 11 is 6.64. The molecule has 0 aromatic heterocycles. The first kappa shape index (κ1) is 21.1. The zero-order chi connectivity index (χ0) is 20.8. The molecule has 0 unspecified atom stereocenters. The number of methoxy groups -OCH3 is 1. The number of nitrogens with one attached hydrogen (secondary N) is 1. The molecule has 2 amide bonds. The molecule has 1 heterocycles. The molecule has 0 bridgehead atoms. The van der Waals surface area contributed by atoms with Crippen molar-refractivity contribution in [2.75, 3.05) is 19.0 Å². The number of thioether (sulfide) groups is 1. The number of aryl methyl sites for hydroxylation is 1. The Hall–Kier alpha value is -2.64. The van der Waals surface area contributed by atoms with E-state index in [1.807, 2.05) is 55.5 Å². The standard InChI is InChI=1S/C22H22N2O3S2/c1-15-7-5-9-17(13-15)23-20(25)11-6-12-24-21(26)19(29-22(24)28)14-16-8-3-4-10-18(16)27-2/h3-5,7-10,13-14H,6,11-12H2,1-2H3,(H,23,25)/b19-14-. The monoisotopic (exact) mass is 426 g/mol. The molecule has 0 atom stereocenters. The summed E-state index contributed by atoms with van der Waals surface area (Å²) in [5, 5.41) is 2.88. The lowest BCUT2D eigenvalue weighted by molar-refractivity contribution is -0.122. The Bertz CT molecular complexity index is 972. The molecule has 2 aromatic carbocycles. The van der Waals surface area contributed by atoms with E-state index >= 15 is 0 Å². The van der Waals surface area contributed by atoms with Crippen molar-refractivity contribution in [2.45, 2.75) is 19.8 Å². The zero-order valence-corrected chi connectivity index (χ0v) is 17.9. The van der Waals surface area contributed by atoms with E-state index in [1.165, 1.54) is 11.8 Å². The highest BCUT2D eigenvalue weighted by Gasteiger charge is 2.31. The molecule has 0 saturated carbocycles. The number of carbonyl (C=O) groups excluding carboxylic acids is 2. The topological polar surface area (TPSA) is 58.6 Å². The molecule has 7 heteroatoms. The molecule has 2 aromatic rings. The van der Waals surface area contributed by atoms with E-state index in [1.54, 1.807) is 18.1 Å². The summed E-state index contributed by atoms with van der Waals surface area (Å²) in [6.07, 6.45) is 2.64. The van der Waals surface area contributed by atoms with Gasteiger partial charge in [0, 0.05) is 24.2 Å². The normalized spacial score (nSPS) is 15.1. The van der Waals surface area contributed by atoms with Gasteiger partial charge in [-0.15, -0.1) is 0 Å². The summed E-state index contributed by atoms with van der Waals surface area (Å²) in [5.41, 5.74) is 2.69. The smallest absolute Gasteiger partial charge is 0.266 e. The Labute approximate surface area is 180 Å². The molecule has 1 aliphatic heterocycles. The minimum atomic E-state index is -0.134. The number of nitrogens with zero attached hydrogens (tertiary/aromatic N) is 1. The molecule has 1 fully saturated rings. The fraction of sp³-hybridized carbons (Fsp3) is 0.227. The second-order valence-corrected chi connectivity index (χ2v) is 8.27. The first-order valence-corrected chi connectivity index (χ1v) is 10.5. The third-order valence-electron chi connectivity index (χ3n) is 4.39. The van der Waals surface area contributed by atoms with Gasteiger partial charge in [-0.25, -0.2) is 0 Å². The molecule has 150 valence electrons. The van der Waals surface area contributed by atoms with Crippen molar-refractivity contribution in [1.29, 1.82) is 0 Å². The van der Waals surface area contributed by atoms with Crippen molar-refractivity contribution in [2.24, 2.45) is 0 Å². The third kappa shape index (κ3) is 5.46. The lowest BCUT2D eigenvalue weighted by atomic mass is 10.2. The molecule has 1 N–H and O–H groups in total. The number of anilines is 1. The number of carbonyl (C=O) groups is 2. The van der Waals surface area contributed by atoms with Crippen molar-refractivity contribution in [3.63, 3.8) is 0 Å². The number of hydrogen-bond donors (Lipinski definition) is 1. The van der Waals surface area contributed by atoms with Crippen LogP contribution in [0.15, 0.2) is 53.4 Å². The fourth-order valence-electron chi connectivity index (χ4n) is 2.96. The van der Waals surface area contributed by atoms with Crippen LogP contribution < -0.4 is 10.1 Å². The largest absolute Gasteiger partial charge is 0.496 e. The van der Waals surface area contributed by atoms with E-state index in [0.29, 0.717) is 34.4 Å². The van der Waals surface area contributed by atoms with Crippen LogP contribution in [0.2, 0.25) is 0 Å². The van der Waals surface area contributed by atoms with Gasteiger partial charge in [0.05, 0.1) is 12.0 Å². The van der Waals surface area contributed by atoms with Crippen LogP contribution in [0, 0.1) is 6.92 Å². The van der Waals surface area contributed by atoms with Crippen LogP contribution in [0.5, 0.6) is 5.75 Å². The molecule has 3 rings (SSSR count). The molecule has 1 saturated heterocycles. The van der Waals surface area contributed by atoms with E-state index in [0.717, 1.165) is 16.8 Å². The van der Waals surface area contributed by atoms with Crippen LogP contribution in [-0.2, 0) is 9.59 Å². The maximum atomic E-state index is 12.7. The van der Waals surface area contributed by atoms with Gasteiger partial charge in [-0.2, -0.15) is 0 Å². The summed E-state index contributed by atoms with van der Waals surface area (Å²) < 4.78 is 5.85. The van der Waals surface area contributed by atoms with Gasteiger partial charge in [0.15, 0.2) is 0 Å². The number of thiocarbonyl (C=S) groups is 1. The van der Waals surface area contributed by atoms with E-state index in [2.05, 4.69) is 5.32 Å². The first-order valence-electron chi connectivity index (χ1n) is 9.23. The van der Waals surface area contributed by atoms with Crippen LogP contribution in [-0.4, -0.2) is 34.7 Å². The first-order chi connectivity index (χ1) is 14.0. The predicted molar refractivity (Wildman–Crippen MR) is 122 cm³/mol. The third-order valence-corrected chi connectivity index (χ3v) is 5.76. The number of para-hydroxylation sites is 1. The summed E-state index contributed by atoms with van der Waals surface area (Å²) in [6.45, 7) is 2.39. The molecule has 29 heavy (non-hydrogen) atoms. The summed E-state index contributed by atoms with van der Waals surface area (Å²) in [5.74, 6) is 0.487. The summed E-state index contributed by atoms with van der Waals surface area (Å²) in [4.78, 5) is 27.0. The molecule has 0 radical (unpaired) electrons. The van der Waals surface area contributed by atoms with Crippen LogP contribution in [0.25, 0.3) is 6.08 Å². The SMILES string of the molecule is COc1ccccc1/C=C1\SC(=S)N(CCCC(=O)Nc2cccc(C)c2)C1=O. The van der Waals surface area contributed by atoms with E-state index in [9.17, 15) is 9.59 Å². The zero-order valence-electron chi connectivity index (χ0n) is 16.3. The second kappa shape index (κ2) is 9.71. The van der Waals surface area contributed by atoms with Crippen molar-refractivity contribution >= 4 is 51.9 Å². The van der Waals surface area contributed by atoms with Gasteiger partial charge >= 0.3 is 0 Å². The van der Waals surface area contributed by atoms with Crippen molar-refractivity contribution in [1.82, 2.24) is 4.90 Å². The Balaban J connectivity index is 1.56.